The van der Waals surface area contributed by atoms with E-state index in [-0.39, 0.29) is 11.9 Å². The van der Waals surface area contributed by atoms with Crippen molar-refractivity contribution in [3.05, 3.63) is 121 Å². The van der Waals surface area contributed by atoms with Gasteiger partial charge in [-0.2, -0.15) is 0 Å². The molecule has 4 aromatic carbocycles. The van der Waals surface area contributed by atoms with Gasteiger partial charge in [-0.25, -0.2) is 19.9 Å². The summed E-state index contributed by atoms with van der Waals surface area (Å²) in [5.41, 5.74) is 20.7. The van der Waals surface area contributed by atoms with Crippen LogP contribution in [0.4, 0.5) is 11.9 Å². The van der Waals surface area contributed by atoms with E-state index in [1.807, 2.05) is 121 Å². The van der Waals surface area contributed by atoms with Gasteiger partial charge in [-0.3, -0.25) is 0 Å². The van der Waals surface area contributed by atoms with Gasteiger partial charge in [-0.15, -0.1) is 0 Å². The summed E-state index contributed by atoms with van der Waals surface area (Å²) in [5.74, 6) is 0.298. The van der Waals surface area contributed by atoms with Gasteiger partial charge in [0.1, 0.15) is 11.4 Å². The van der Waals surface area contributed by atoms with Crippen LogP contribution in [0.1, 0.15) is 0 Å². The Labute approximate surface area is 220 Å². The lowest BCUT2D eigenvalue weighted by atomic mass is 9.91. The van der Waals surface area contributed by atoms with Crippen LogP contribution in [0.15, 0.2) is 121 Å². The lowest BCUT2D eigenvalue weighted by Crippen LogP contribution is -2.07. The van der Waals surface area contributed by atoms with Gasteiger partial charge in [0.25, 0.3) is 0 Å². The zero-order valence-corrected chi connectivity index (χ0v) is 20.5. The summed E-state index contributed by atoms with van der Waals surface area (Å²) >= 11 is 0. The smallest absolute Gasteiger partial charge is 0.221 e. The van der Waals surface area contributed by atoms with Crippen molar-refractivity contribution < 1.29 is 0 Å². The molecule has 2 aromatic heterocycles. The third-order valence-electron chi connectivity index (χ3n) is 6.30. The van der Waals surface area contributed by atoms with Gasteiger partial charge in [0, 0.05) is 22.3 Å². The molecule has 0 aliphatic heterocycles. The van der Waals surface area contributed by atoms with Crippen LogP contribution in [0, 0.1) is 0 Å². The molecule has 0 fully saturated rings. The zero-order chi connectivity index (χ0) is 25.9. The summed E-state index contributed by atoms with van der Waals surface area (Å²) in [6, 6.07) is 40.0. The van der Waals surface area contributed by atoms with Crippen LogP contribution in [0.25, 0.3) is 56.2 Å². The second-order valence-corrected chi connectivity index (χ2v) is 8.77. The summed E-state index contributed by atoms with van der Waals surface area (Å²) < 4.78 is 0. The van der Waals surface area contributed by atoms with E-state index >= 15 is 0 Å². The highest BCUT2D eigenvalue weighted by Gasteiger charge is 2.25. The maximum atomic E-state index is 6.36. The number of nitrogens with zero attached hydrogens (tertiary/aromatic N) is 4. The number of rotatable bonds is 5. The highest BCUT2D eigenvalue weighted by molar-refractivity contribution is 5.98. The van der Waals surface area contributed by atoms with Crippen LogP contribution in [0.2, 0.25) is 0 Å². The predicted octanol–water partition coefficient (Wildman–Crippen LogP) is 6.77. The topological polar surface area (TPSA) is 104 Å². The van der Waals surface area contributed by atoms with E-state index in [1.54, 1.807) is 0 Å². The van der Waals surface area contributed by atoms with Crippen molar-refractivity contribution >= 4 is 11.9 Å². The average molecular weight is 493 g/mol. The minimum Gasteiger partial charge on any atom is -0.368 e. The Morgan fingerprint density at radius 3 is 0.895 bits per heavy atom. The number of hydrogen-bond acceptors (Lipinski definition) is 6. The first-order valence-corrected chi connectivity index (χ1v) is 12.3. The summed E-state index contributed by atoms with van der Waals surface area (Å²) in [4.78, 5) is 19.0. The second kappa shape index (κ2) is 9.95. The van der Waals surface area contributed by atoms with Crippen molar-refractivity contribution in [3.8, 4) is 56.2 Å². The highest BCUT2D eigenvalue weighted by Crippen LogP contribution is 2.43. The van der Waals surface area contributed by atoms with E-state index in [4.69, 9.17) is 31.4 Å². The molecule has 0 radical (unpaired) electrons. The first kappa shape index (κ1) is 23.1. The third-order valence-corrected chi connectivity index (χ3v) is 6.30. The molecule has 0 saturated heterocycles. The Balaban J connectivity index is 1.76. The van der Waals surface area contributed by atoms with Gasteiger partial charge in [0.15, 0.2) is 0 Å². The highest BCUT2D eigenvalue weighted by atomic mass is 15.0. The Bertz CT molecular complexity index is 1570. The van der Waals surface area contributed by atoms with E-state index in [1.165, 1.54) is 0 Å². The Kier molecular flexibility index (Phi) is 6.04. The van der Waals surface area contributed by atoms with Crippen LogP contribution in [0.3, 0.4) is 0 Å². The molecule has 0 saturated carbocycles. The Hall–Kier alpha value is -5.36. The molecule has 0 unspecified atom stereocenters. The molecule has 0 atom stereocenters. The van der Waals surface area contributed by atoms with Crippen LogP contribution >= 0.6 is 0 Å². The zero-order valence-electron chi connectivity index (χ0n) is 20.5. The average Bonchev–Trinajstić information content (AvgIpc) is 2.98. The van der Waals surface area contributed by atoms with E-state index in [0.29, 0.717) is 11.4 Å². The normalized spacial score (nSPS) is 10.8. The van der Waals surface area contributed by atoms with Crippen LogP contribution in [-0.4, -0.2) is 19.9 Å². The Morgan fingerprint density at radius 1 is 0.316 bits per heavy atom. The van der Waals surface area contributed by atoms with E-state index in [2.05, 4.69) is 0 Å². The number of benzene rings is 4. The standard InChI is InChI=1S/C32H24N6/c33-31-35-27(23-17-9-3-10-18-23)25(21-13-5-1-6-14-21)29(37-31)30-26(22-15-7-2-8-16-22)28(36-32(34)38-30)24-19-11-4-12-20-24/h1-20H,(H2,33,35,37)(H2,34,36,38). The van der Waals surface area contributed by atoms with Gasteiger partial charge in [0.2, 0.25) is 11.9 Å². The molecule has 6 aromatic rings. The SMILES string of the molecule is Nc1nc(-c2ccccc2)c(-c2ccccc2)c(-c2nc(N)nc(-c3ccccc3)c2-c2ccccc2)n1. The molecule has 0 aliphatic rings. The lowest BCUT2D eigenvalue weighted by molar-refractivity contribution is 1.15. The number of anilines is 2. The fourth-order valence-electron chi connectivity index (χ4n) is 4.67. The molecule has 0 aliphatic carbocycles. The van der Waals surface area contributed by atoms with Crippen molar-refractivity contribution in [2.75, 3.05) is 11.5 Å². The molecule has 38 heavy (non-hydrogen) atoms. The van der Waals surface area contributed by atoms with Gasteiger partial charge in [0.05, 0.1) is 11.4 Å². The van der Waals surface area contributed by atoms with E-state index < -0.39 is 0 Å². The molecule has 4 N–H and O–H groups in total. The Morgan fingerprint density at radius 2 is 0.579 bits per heavy atom. The molecule has 6 nitrogen and oxygen atoms in total. The van der Waals surface area contributed by atoms with E-state index in [9.17, 15) is 0 Å². The number of aromatic nitrogens is 4. The van der Waals surface area contributed by atoms with Gasteiger partial charge < -0.3 is 11.5 Å². The maximum Gasteiger partial charge on any atom is 0.221 e. The molecule has 6 rings (SSSR count). The second-order valence-electron chi connectivity index (χ2n) is 8.77. The first-order valence-electron chi connectivity index (χ1n) is 12.3. The molecule has 182 valence electrons. The van der Waals surface area contributed by atoms with Crippen LogP contribution < -0.4 is 11.5 Å². The molecular formula is C32H24N6. The fraction of sp³-hybridized carbons (Fsp3) is 0. The lowest BCUT2D eigenvalue weighted by Gasteiger charge is -2.19. The van der Waals surface area contributed by atoms with Crippen LogP contribution in [-0.2, 0) is 0 Å². The molecule has 2 heterocycles. The molecule has 6 heteroatoms. The largest absolute Gasteiger partial charge is 0.368 e. The van der Waals surface area contributed by atoms with Crippen molar-refractivity contribution in [1.82, 2.24) is 19.9 Å². The van der Waals surface area contributed by atoms with E-state index in [0.717, 1.165) is 44.8 Å². The minimum absolute atomic E-state index is 0.149. The summed E-state index contributed by atoms with van der Waals surface area (Å²) in [5, 5.41) is 0. The minimum atomic E-state index is 0.149. The first-order chi connectivity index (χ1) is 18.7. The fourth-order valence-corrected chi connectivity index (χ4v) is 4.67. The number of nitrogens with two attached hydrogens (primary N) is 2. The quantitative estimate of drug-likeness (QED) is 0.275. The van der Waals surface area contributed by atoms with Crippen molar-refractivity contribution in [2.45, 2.75) is 0 Å². The molecule has 0 amide bonds. The third kappa shape index (κ3) is 4.35. The summed E-state index contributed by atoms with van der Waals surface area (Å²) in [6.45, 7) is 0. The molecule has 0 bridgehead atoms. The van der Waals surface area contributed by atoms with Crippen molar-refractivity contribution in [3.63, 3.8) is 0 Å². The molecule has 0 spiro atoms. The van der Waals surface area contributed by atoms with Crippen LogP contribution in [0.5, 0.6) is 0 Å². The van der Waals surface area contributed by atoms with Gasteiger partial charge in [-0.05, 0) is 11.1 Å². The monoisotopic (exact) mass is 492 g/mol. The summed E-state index contributed by atoms with van der Waals surface area (Å²) in [7, 11) is 0. The summed E-state index contributed by atoms with van der Waals surface area (Å²) in [6.07, 6.45) is 0. The number of nitrogen functional groups attached to an aromatic ring is 2. The maximum absolute atomic E-state index is 6.36. The molecular weight excluding hydrogens is 468 g/mol. The van der Waals surface area contributed by atoms with Gasteiger partial charge >= 0.3 is 0 Å². The predicted molar refractivity (Wildman–Crippen MR) is 154 cm³/mol. The van der Waals surface area contributed by atoms with Crippen molar-refractivity contribution in [1.29, 1.82) is 0 Å². The number of hydrogen-bond donors (Lipinski definition) is 2. The van der Waals surface area contributed by atoms with Gasteiger partial charge in [-0.1, -0.05) is 121 Å². The van der Waals surface area contributed by atoms with Crippen molar-refractivity contribution in [2.24, 2.45) is 0 Å².